The molecule has 0 saturated carbocycles. The highest BCUT2D eigenvalue weighted by Gasteiger charge is 2.33. The van der Waals surface area contributed by atoms with Crippen molar-refractivity contribution in [3.8, 4) is 0 Å². The molecule has 4 unspecified atom stereocenters. The van der Waals surface area contributed by atoms with Crippen LogP contribution in [0.15, 0.2) is 121 Å². The lowest BCUT2D eigenvalue weighted by Gasteiger charge is -2.49. The number of hydrogen-bond acceptors (Lipinski definition) is 4. The van der Waals surface area contributed by atoms with Gasteiger partial charge < -0.3 is 20.4 Å². The molecule has 192 valence electrons. The Morgan fingerprint density at radius 1 is 0.351 bits per heavy atom. The van der Waals surface area contributed by atoms with Crippen molar-refractivity contribution in [1.82, 2.24) is 0 Å². The highest BCUT2D eigenvalue weighted by atomic mass is 16.3. The van der Waals surface area contributed by atoms with Gasteiger partial charge >= 0.3 is 0 Å². The van der Waals surface area contributed by atoms with E-state index in [1.165, 1.54) is 0 Å². The maximum Gasteiger partial charge on any atom is -0.0326 e. The Morgan fingerprint density at radius 2 is 0.541 bits per heavy atom. The third-order valence-corrected chi connectivity index (χ3v) is 7.16. The van der Waals surface area contributed by atoms with Gasteiger partial charge in [0.15, 0.2) is 0 Å². The average molecular weight is 493 g/mol. The molecule has 37 heavy (non-hydrogen) atoms. The average Bonchev–Trinajstić information content (AvgIpc) is 2.94. The standard InChI is InChI=1S/C33H32O4/c34-29(25-13-5-1-6-14-25)21-33(22-30(35)26-15-7-2-8-16-26,23-31(36)27-17-9-3-10-18-27)24-32(37)28-19-11-4-12-20-28/h1-20,29-32H,21-24H2/q-4. The van der Waals surface area contributed by atoms with E-state index in [4.69, 9.17) is 0 Å². The summed E-state index contributed by atoms with van der Waals surface area (Å²) in [4.78, 5) is 0. The molecule has 0 aromatic heterocycles. The largest absolute Gasteiger partial charge is 0.849 e. The van der Waals surface area contributed by atoms with Crippen molar-refractivity contribution in [3.63, 3.8) is 0 Å². The molecule has 4 aromatic rings. The van der Waals surface area contributed by atoms with Gasteiger partial charge in [-0.05, 0) is 5.41 Å². The molecule has 0 radical (unpaired) electrons. The minimum atomic E-state index is -1.16. The zero-order chi connectivity index (χ0) is 26.1. The van der Waals surface area contributed by atoms with Crippen LogP contribution in [0.2, 0.25) is 0 Å². The fourth-order valence-electron chi connectivity index (χ4n) is 5.22. The van der Waals surface area contributed by atoms with Crippen LogP contribution < -0.4 is 20.4 Å². The maximum atomic E-state index is 13.6. The lowest BCUT2D eigenvalue weighted by molar-refractivity contribution is -0.465. The van der Waals surface area contributed by atoms with Crippen LogP contribution in [0.25, 0.3) is 0 Å². The molecule has 0 aliphatic heterocycles. The van der Waals surface area contributed by atoms with Crippen molar-refractivity contribution in [2.75, 3.05) is 0 Å². The van der Waals surface area contributed by atoms with Crippen LogP contribution in [0.5, 0.6) is 0 Å². The molecular weight excluding hydrogens is 460 g/mol. The molecule has 0 aliphatic rings. The van der Waals surface area contributed by atoms with Crippen LogP contribution in [0.1, 0.15) is 72.4 Å². The van der Waals surface area contributed by atoms with Crippen LogP contribution in [-0.4, -0.2) is 0 Å². The fourth-order valence-corrected chi connectivity index (χ4v) is 5.22. The number of hydrogen-bond donors (Lipinski definition) is 0. The van der Waals surface area contributed by atoms with Gasteiger partial charge in [-0.15, -0.1) is 0 Å². The Hall–Kier alpha value is -3.28. The summed E-state index contributed by atoms with van der Waals surface area (Å²) in [6, 6.07) is 36.0. The minimum absolute atomic E-state index is 0.0414. The first-order valence-corrected chi connectivity index (χ1v) is 12.8. The molecule has 4 heteroatoms. The van der Waals surface area contributed by atoms with Crippen LogP contribution in [0.3, 0.4) is 0 Å². The van der Waals surface area contributed by atoms with Gasteiger partial charge in [0.25, 0.3) is 0 Å². The Bertz CT molecular complexity index is 987. The summed E-state index contributed by atoms with van der Waals surface area (Å²) < 4.78 is 0. The summed E-state index contributed by atoms with van der Waals surface area (Å²) in [7, 11) is 0. The Balaban J connectivity index is 1.72. The quantitative estimate of drug-likeness (QED) is 0.299. The molecule has 0 fully saturated rings. The first-order valence-electron chi connectivity index (χ1n) is 12.8. The first kappa shape index (κ1) is 26.8. The molecule has 0 N–H and O–H groups in total. The molecule has 0 spiro atoms. The lowest BCUT2D eigenvalue weighted by Crippen LogP contribution is -2.39. The summed E-state index contributed by atoms with van der Waals surface area (Å²) in [5, 5.41) is 54.4. The molecule has 4 nitrogen and oxygen atoms in total. The van der Waals surface area contributed by atoms with Crippen molar-refractivity contribution >= 4 is 0 Å². The summed E-state index contributed by atoms with van der Waals surface area (Å²) in [5.41, 5.74) is 1.34. The van der Waals surface area contributed by atoms with E-state index in [-0.39, 0.29) is 25.7 Å². The smallest absolute Gasteiger partial charge is 0.0326 e. The highest BCUT2D eigenvalue weighted by Crippen LogP contribution is 2.47. The second-order valence-electron chi connectivity index (χ2n) is 9.91. The zero-order valence-corrected chi connectivity index (χ0v) is 20.8. The van der Waals surface area contributed by atoms with Crippen molar-refractivity contribution in [2.24, 2.45) is 5.41 Å². The van der Waals surface area contributed by atoms with Crippen LogP contribution in [-0.2, 0) is 0 Å². The summed E-state index contributed by atoms with van der Waals surface area (Å²) in [6.07, 6.45) is -4.46. The highest BCUT2D eigenvalue weighted by molar-refractivity contribution is 5.22. The molecule has 0 amide bonds. The molecule has 4 aromatic carbocycles. The van der Waals surface area contributed by atoms with Gasteiger partial charge in [-0.2, -0.15) is 0 Å². The first-order chi connectivity index (χ1) is 18.0. The van der Waals surface area contributed by atoms with E-state index in [9.17, 15) is 20.4 Å². The predicted molar refractivity (Wildman–Crippen MR) is 138 cm³/mol. The van der Waals surface area contributed by atoms with E-state index in [1.54, 1.807) is 48.5 Å². The summed E-state index contributed by atoms with van der Waals surface area (Å²) >= 11 is 0. The van der Waals surface area contributed by atoms with Crippen molar-refractivity contribution < 1.29 is 20.4 Å². The molecule has 0 aliphatic carbocycles. The number of benzene rings is 4. The van der Waals surface area contributed by atoms with Gasteiger partial charge in [-0.1, -0.05) is 194 Å². The molecule has 0 bridgehead atoms. The van der Waals surface area contributed by atoms with Gasteiger partial charge in [-0.3, -0.25) is 0 Å². The molecule has 4 atom stereocenters. The second kappa shape index (κ2) is 12.8. The number of rotatable bonds is 12. The third kappa shape index (κ3) is 7.37. The third-order valence-electron chi connectivity index (χ3n) is 7.16. The van der Waals surface area contributed by atoms with Crippen molar-refractivity contribution in [1.29, 1.82) is 0 Å². The Kier molecular flexibility index (Phi) is 9.26. The van der Waals surface area contributed by atoms with E-state index in [2.05, 4.69) is 0 Å². The molecule has 0 saturated heterocycles. The topological polar surface area (TPSA) is 92.2 Å². The normalized spacial score (nSPS) is 16.3. The van der Waals surface area contributed by atoms with Gasteiger partial charge in [-0.25, -0.2) is 0 Å². The Morgan fingerprint density at radius 3 is 0.730 bits per heavy atom. The van der Waals surface area contributed by atoms with Crippen LogP contribution in [0, 0.1) is 5.41 Å². The molecule has 4 rings (SSSR count). The van der Waals surface area contributed by atoms with E-state index in [0.717, 1.165) is 0 Å². The van der Waals surface area contributed by atoms with Crippen LogP contribution in [0.4, 0.5) is 0 Å². The van der Waals surface area contributed by atoms with Gasteiger partial charge in [0.2, 0.25) is 0 Å². The zero-order valence-electron chi connectivity index (χ0n) is 20.8. The van der Waals surface area contributed by atoms with Crippen LogP contribution >= 0.6 is 0 Å². The van der Waals surface area contributed by atoms with Gasteiger partial charge in [0, 0.05) is 0 Å². The van der Waals surface area contributed by atoms with Crippen molar-refractivity contribution in [2.45, 2.75) is 50.1 Å². The van der Waals surface area contributed by atoms with E-state index >= 15 is 0 Å². The van der Waals surface area contributed by atoms with E-state index < -0.39 is 29.8 Å². The van der Waals surface area contributed by atoms with E-state index in [0.29, 0.717) is 22.3 Å². The van der Waals surface area contributed by atoms with Gasteiger partial charge in [0.05, 0.1) is 0 Å². The Labute approximate surface area is 219 Å². The van der Waals surface area contributed by atoms with Crippen molar-refractivity contribution in [3.05, 3.63) is 144 Å². The second-order valence-corrected chi connectivity index (χ2v) is 9.91. The maximum absolute atomic E-state index is 13.6. The minimum Gasteiger partial charge on any atom is -0.849 e. The SMILES string of the molecule is [O-]C(CC(CC([O-])c1ccccc1)(CC([O-])c1ccccc1)CC([O-])c1ccccc1)c1ccccc1. The molecule has 0 heterocycles. The lowest BCUT2D eigenvalue weighted by atomic mass is 9.67. The fraction of sp³-hybridized carbons (Fsp3) is 0.273. The monoisotopic (exact) mass is 492 g/mol. The molecular formula is C33H32O4-4. The summed E-state index contributed by atoms with van der Waals surface area (Å²) in [5.74, 6) is 0. The summed E-state index contributed by atoms with van der Waals surface area (Å²) in [6.45, 7) is 0. The predicted octanol–water partition coefficient (Wildman–Crippen LogP) is 3.94. The van der Waals surface area contributed by atoms with E-state index in [1.807, 2.05) is 72.8 Å². The van der Waals surface area contributed by atoms with Gasteiger partial charge in [0.1, 0.15) is 0 Å².